The second kappa shape index (κ2) is 10.5. The second-order valence-corrected chi connectivity index (χ2v) is 9.33. The van der Waals surface area contributed by atoms with Gasteiger partial charge in [-0.25, -0.2) is 0 Å². The zero-order chi connectivity index (χ0) is 23.3. The number of hydrogen-bond acceptors (Lipinski definition) is 4. The number of thiophene rings is 1. The van der Waals surface area contributed by atoms with E-state index in [0.29, 0.717) is 11.4 Å². The monoisotopic (exact) mass is 449 g/mol. The van der Waals surface area contributed by atoms with E-state index in [2.05, 4.69) is 12.2 Å². The van der Waals surface area contributed by atoms with Crippen molar-refractivity contribution in [1.29, 1.82) is 0 Å². The summed E-state index contributed by atoms with van der Waals surface area (Å²) in [7, 11) is 3.97. The molecule has 32 heavy (non-hydrogen) atoms. The summed E-state index contributed by atoms with van der Waals surface area (Å²) in [4.78, 5) is 30.4. The van der Waals surface area contributed by atoms with Crippen LogP contribution in [-0.2, 0) is 11.3 Å². The van der Waals surface area contributed by atoms with Crippen LogP contribution >= 0.6 is 11.3 Å². The van der Waals surface area contributed by atoms with Crippen molar-refractivity contribution in [1.82, 2.24) is 4.90 Å². The fourth-order valence-corrected chi connectivity index (χ4v) is 4.21. The molecule has 168 valence electrons. The van der Waals surface area contributed by atoms with Crippen LogP contribution in [0.2, 0.25) is 0 Å². The van der Waals surface area contributed by atoms with Gasteiger partial charge in [-0.1, -0.05) is 50.2 Å². The average molecular weight is 450 g/mol. The smallest absolute Gasteiger partial charge is 0.264 e. The Morgan fingerprint density at radius 1 is 0.969 bits per heavy atom. The van der Waals surface area contributed by atoms with Crippen LogP contribution in [0.1, 0.15) is 47.6 Å². The van der Waals surface area contributed by atoms with Crippen molar-refractivity contribution in [2.24, 2.45) is 5.92 Å². The number of rotatable bonds is 8. The van der Waals surface area contributed by atoms with E-state index < -0.39 is 0 Å². The number of carbonyl (C=O) groups is 2. The van der Waals surface area contributed by atoms with E-state index in [1.165, 1.54) is 11.3 Å². The number of nitrogens with zero attached hydrogens (tertiary/aromatic N) is 2. The van der Waals surface area contributed by atoms with Crippen LogP contribution in [-0.4, -0.2) is 30.8 Å². The Morgan fingerprint density at radius 2 is 1.69 bits per heavy atom. The van der Waals surface area contributed by atoms with Crippen LogP contribution in [0.4, 0.5) is 11.4 Å². The first-order valence-electron chi connectivity index (χ1n) is 10.8. The normalized spacial score (nSPS) is 11.8. The highest BCUT2D eigenvalue weighted by molar-refractivity contribution is 7.12. The van der Waals surface area contributed by atoms with Gasteiger partial charge in [-0.3, -0.25) is 9.59 Å². The minimum atomic E-state index is -0.116. The van der Waals surface area contributed by atoms with Crippen LogP contribution in [0.15, 0.2) is 66.0 Å². The molecule has 0 aliphatic carbocycles. The zero-order valence-corrected chi connectivity index (χ0v) is 20.1. The number of carbonyl (C=O) groups excluding carboxylic acids is 2. The van der Waals surface area contributed by atoms with Gasteiger partial charge in [0, 0.05) is 37.9 Å². The van der Waals surface area contributed by atoms with Gasteiger partial charge in [0.1, 0.15) is 0 Å². The van der Waals surface area contributed by atoms with Crippen LogP contribution in [0.25, 0.3) is 0 Å². The Labute approximate surface area is 194 Å². The minimum Gasteiger partial charge on any atom is -0.377 e. The van der Waals surface area contributed by atoms with E-state index in [-0.39, 0.29) is 23.8 Å². The molecule has 1 N–H and O–H groups in total. The summed E-state index contributed by atoms with van der Waals surface area (Å²) in [6.45, 7) is 6.22. The largest absolute Gasteiger partial charge is 0.377 e. The lowest BCUT2D eigenvalue weighted by molar-refractivity contribution is -0.118. The molecule has 3 rings (SSSR count). The fraction of sp³-hybridized carbons (Fsp3) is 0.308. The van der Waals surface area contributed by atoms with E-state index in [4.69, 9.17) is 0 Å². The van der Waals surface area contributed by atoms with Crippen molar-refractivity contribution in [2.75, 3.05) is 24.3 Å². The van der Waals surface area contributed by atoms with Gasteiger partial charge in [-0.05, 0) is 47.7 Å². The molecular weight excluding hydrogens is 418 g/mol. The number of hydrogen-bond donors (Lipinski definition) is 1. The third-order valence-corrected chi connectivity index (χ3v) is 6.29. The van der Waals surface area contributed by atoms with E-state index >= 15 is 0 Å². The molecule has 1 heterocycles. The molecule has 0 saturated carbocycles. The van der Waals surface area contributed by atoms with Gasteiger partial charge in [0.25, 0.3) is 5.91 Å². The lowest BCUT2D eigenvalue weighted by Gasteiger charge is -2.31. The summed E-state index contributed by atoms with van der Waals surface area (Å²) in [5.74, 6) is -0.141. The summed E-state index contributed by atoms with van der Waals surface area (Å²) < 4.78 is 0. The van der Waals surface area contributed by atoms with Crippen molar-refractivity contribution in [3.8, 4) is 0 Å². The minimum absolute atomic E-state index is 0.00215. The first-order valence-corrected chi connectivity index (χ1v) is 11.7. The summed E-state index contributed by atoms with van der Waals surface area (Å²) >= 11 is 1.45. The Kier molecular flexibility index (Phi) is 7.70. The van der Waals surface area contributed by atoms with Crippen molar-refractivity contribution in [3.63, 3.8) is 0 Å². The van der Waals surface area contributed by atoms with Gasteiger partial charge in [0.15, 0.2) is 0 Å². The summed E-state index contributed by atoms with van der Waals surface area (Å²) in [5, 5.41) is 4.90. The molecule has 1 atom stereocenters. The first kappa shape index (κ1) is 23.5. The number of anilines is 2. The highest BCUT2D eigenvalue weighted by Crippen LogP contribution is 2.30. The molecule has 0 radical (unpaired) electrons. The van der Waals surface area contributed by atoms with Crippen molar-refractivity contribution < 1.29 is 9.59 Å². The first-order chi connectivity index (χ1) is 15.3. The predicted octanol–water partition coefficient (Wildman–Crippen LogP) is 5.81. The summed E-state index contributed by atoms with van der Waals surface area (Å²) in [6.07, 6.45) is 0. The topological polar surface area (TPSA) is 52.7 Å². The highest BCUT2D eigenvalue weighted by Gasteiger charge is 2.25. The van der Waals surface area contributed by atoms with E-state index in [1.807, 2.05) is 104 Å². The lowest BCUT2D eigenvalue weighted by Crippen LogP contribution is -2.33. The van der Waals surface area contributed by atoms with E-state index in [1.54, 1.807) is 0 Å². The second-order valence-electron chi connectivity index (χ2n) is 8.38. The maximum Gasteiger partial charge on any atom is 0.264 e. The predicted molar refractivity (Wildman–Crippen MR) is 133 cm³/mol. The average Bonchev–Trinajstić information content (AvgIpc) is 3.32. The van der Waals surface area contributed by atoms with Gasteiger partial charge in [0.2, 0.25) is 5.91 Å². The van der Waals surface area contributed by atoms with E-state index in [9.17, 15) is 9.59 Å². The van der Waals surface area contributed by atoms with E-state index in [0.717, 1.165) is 22.5 Å². The molecule has 0 saturated heterocycles. The Morgan fingerprint density at radius 3 is 2.28 bits per heavy atom. The molecule has 0 fully saturated rings. The number of nitrogens with one attached hydrogen (secondary N) is 1. The van der Waals surface area contributed by atoms with Crippen LogP contribution in [0, 0.1) is 5.92 Å². The molecule has 6 heteroatoms. The van der Waals surface area contributed by atoms with Gasteiger partial charge in [-0.15, -0.1) is 11.3 Å². The maximum atomic E-state index is 13.5. The molecule has 2 aromatic carbocycles. The highest BCUT2D eigenvalue weighted by atomic mass is 32.1. The van der Waals surface area contributed by atoms with Crippen molar-refractivity contribution in [3.05, 3.63) is 82.0 Å². The number of amides is 2. The third kappa shape index (κ3) is 5.56. The maximum absolute atomic E-state index is 13.5. The van der Waals surface area contributed by atoms with Gasteiger partial charge in [-0.2, -0.15) is 0 Å². The molecule has 3 aromatic rings. The van der Waals surface area contributed by atoms with Crippen LogP contribution < -0.4 is 10.2 Å². The summed E-state index contributed by atoms with van der Waals surface area (Å²) in [6, 6.07) is 19.6. The zero-order valence-electron chi connectivity index (χ0n) is 19.3. The molecule has 0 aliphatic rings. The standard InChI is InChI=1S/C26H31N3O2S/c1-18(2)25(30)27-22-13-14-23(28(4)5)21(16-22)17-29(26(31)24-12-9-15-32-24)19(3)20-10-7-6-8-11-20/h6-16,18-19H,17H2,1-5H3,(H,27,30)/t19-/m1/s1. The van der Waals surface area contributed by atoms with Gasteiger partial charge in [0.05, 0.1) is 10.9 Å². The Hall–Kier alpha value is -3.12. The van der Waals surface area contributed by atoms with Crippen molar-refractivity contribution >= 4 is 34.5 Å². The Bertz CT molecular complexity index is 1050. The summed E-state index contributed by atoms with van der Waals surface area (Å²) in [5.41, 5.74) is 3.80. The molecule has 1 aromatic heterocycles. The van der Waals surface area contributed by atoms with Crippen molar-refractivity contribution in [2.45, 2.75) is 33.4 Å². The molecule has 0 bridgehead atoms. The van der Waals surface area contributed by atoms with Crippen LogP contribution in [0.3, 0.4) is 0 Å². The molecule has 0 aliphatic heterocycles. The SMILES string of the molecule is CC(C)C(=O)Nc1ccc(N(C)C)c(CN(C(=O)c2cccs2)[C@H](C)c2ccccc2)c1. The molecule has 2 amide bonds. The van der Waals surface area contributed by atoms with Crippen LogP contribution in [0.5, 0.6) is 0 Å². The fourth-order valence-electron chi connectivity index (χ4n) is 3.53. The molecular formula is C26H31N3O2S. The van der Waals surface area contributed by atoms with Gasteiger partial charge >= 0.3 is 0 Å². The molecule has 0 unspecified atom stereocenters. The molecule has 0 spiro atoms. The Balaban J connectivity index is 2.00. The molecule has 5 nitrogen and oxygen atoms in total. The number of benzene rings is 2. The third-order valence-electron chi connectivity index (χ3n) is 5.44. The van der Waals surface area contributed by atoms with Gasteiger partial charge < -0.3 is 15.1 Å². The lowest BCUT2D eigenvalue weighted by atomic mass is 10.0. The quantitative estimate of drug-likeness (QED) is 0.472.